The molecule has 2 N–H and O–H groups in total. The van der Waals surface area contributed by atoms with Crippen molar-refractivity contribution in [3.8, 4) is 0 Å². The van der Waals surface area contributed by atoms with E-state index in [9.17, 15) is 4.79 Å². The van der Waals surface area contributed by atoms with Gasteiger partial charge in [0.05, 0.1) is 12.2 Å². The van der Waals surface area contributed by atoms with Crippen molar-refractivity contribution >= 4 is 0 Å². The summed E-state index contributed by atoms with van der Waals surface area (Å²) in [5.41, 5.74) is 8.37. The van der Waals surface area contributed by atoms with Gasteiger partial charge in [0.25, 0.3) is 5.56 Å². The first-order chi connectivity index (χ1) is 8.20. The highest BCUT2D eigenvalue weighted by Crippen LogP contribution is 2.04. The van der Waals surface area contributed by atoms with Crippen LogP contribution >= 0.6 is 0 Å². The second-order valence-corrected chi connectivity index (χ2v) is 3.95. The van der Waals surface area contributed by atoms with Crippen LogP contribution in [0.5, 0.6) is 0 Å². The molecule has 0 aliphatic rings. The highest BCUT2D eigenvalue weighted by molar-refractivity contribution is 5.18. The summed E-state index contributed by atoms with van der Waals surface area (Å²) >= 11 is 0. The molecule has 0 saturated carbocycles. The lowest BCUT2D eigenvalue weighted by atomic mass is 10.2. The molecule has 17 heavy (non-hydrogen) atoms. The minimum atomic E-state index is 0.0103. The molecule has 2 aromatic rings. The molecule has 0 aromatic carbocycles. The summed E-state index contributed by atoms with van der Waals surface area (Å²) in [5, 5.41) is 0. The number of nitrogens with zero attached hydrogens (tertiary/aromatic N) is 2. The Morgan fingerprint density at radius 2 is 2.18 bits per heavy atom. The van der Waals surface area contributed by atoms with Crippen molar-refractivity contribution in [2.24, 2.45) is 5.73 Å². The molecule has 0 saturated heterocycles. The Balaban J connectivity index is 2.34. The second-order valence-electron chi connectivity index (χ2n) is 3.95. The second kappa shape index (κ2) is 4.93. The summed E-state index contributed by atoms with van der Waals surface area (Å²) in [4.78, 5) is 15.9. The van der Waals surface area contributed by atoms with Crippen LogP contribution in [0.25, 0.3) is 0 Å². The van der Waals surface area contributed by atoms with Crippen LogP contribution in [0.1, 0.15) is 17.0 Å². The van der Waals surface area contributed by atoms with Gasteiger partial charge in [-0.2, -0.15) is 0 Å². The summed E-state index contributed by atoms with van der Waals surface area (Å²) in [6.45, 7) is 2.89. The van der Waals surface area contributed by atoms with Gasteiger partial charge in [-0.1, -0.05) is 6.07 Å². The van der Waals surface area contributed by atoms with Crippen molar-refractivity contribution in [2.75, 3.05) is 0 Å². The number of aryl methyl sites for hydroxylation is 1. The van der Waals surface area contributed by atoms with E-state index >= 15 is 0 Å². The van der Waals surface area contributed by atoms with Crippen molar-refractivity contribution in [3.63, 3.8) is 0 Å². The zero-order valence-electron chi connectivity index (χ0n) is 9.76. The molecule has 2 heterocycles. The number of pyridine rings is 2. The van der Waals surface area contributed by atoms with E-state index in [1.807, 2.05) is 25.1 Å². The highest BCUT2D eigenvalue weighted by atomic mass is 16.1. The lowest BCUT2D eigenvalue weighted by molar-refractivity contribution is 0.727. The maximum Gasteiger partial charge on any atom is 0.251 e. The fourth-order valence-electron chi connectivity index (χ4n) is 1.75. The quantitative estimate of drug-likeness (QED) is 0.856. The van der Waals surface area contributed by atoms with E-state index in [0.717, 1.165) is 17.0 Å². The van der Waals surface area contributed by atoms with Gasteiger partial charge in [-0.3, -0.25) is 9.78 Å². The van der Waals surface area contributed by atoms with E-state index in [0.29, 0.717) is 13.1 Å². The molecule has 0 unspecified atom stereocenters. The van der Waals surface area contributed by atoms with Gasteiger partial charge >= 0.3 is 0 Å². The Morgan fingerprint density at radius 3 is 2.88 bits per heavy atom. The molecular formula is C13H15N3O. The highest BCUT2D eigenvalue weighted by Gasteiger charge is 2.01. The van der Waals surface area contributed by atoms with Crippen molar-refractivity contribution in [3.05, 3.63) is 63.8 Å². The molecule has 0 fully saturated rings. The number of aromatic nitrogens is 2. The summed E-state index contributed by atoms with van der Waals surface area (Å²) in [6.07, 6.45) is 1.72. The van der Waals surface area contributed by atoms with Gasteiger partial charge in [-0.05, 0) is 30.7 Å². The SMILES string of the molecule is Cc1cccc(=O)n1Cc1ccnc(CN)c1. The summed E-state index contributed by atoms with van der Waals surface area (Å²) < 4.78 is 1.73. The van der Waals surface area contributed by atoms with Crippen molar-refractivity contribution < 1.29 is 0 Å². The molecule has 0 aliphatic heterocycles. The summed E-state index contributed by atoms with van der Waals surface area (Å²) in [7, 11) is 0. The lowest BCUT2D eigenvalue weighted by Crippen LogP contribution is -2.21. The van der Waals surface area contributed by atoms with Crippen LogP contribution in [-0.4, -0.2) is 9.55 Å². The number of nitrogens with two attached hydrogens (primary N) is 1. The minimum absolute atomic E-state index is 0.0103. The van der Waals surface area contributed by atoms with Crippen LogP contribution in [0, 0.1) is 6.92 Å². The van der Waals surface area contributed by atoms with Crippen LogP contribution in [0.2, 0.25) is 0 Å². The Kier molecular flexibility index (Phi) is 3.35. The Hall–Kier alpha value is -1.94. The molecule has 0 spiro atoms. The van der Waals surface area contributed by atoms with Gasteiger partial charge in [0.1, 0.15) is 0 Å². The van der Waals surface area contributed by atoms with Crippen LogP contribution < -0.4 is 11.3 Å². The molecule has 0 aliphatic carbocycles. The van der Waals surface area contributed by atoms with E-state index in [4.69, 9.17) is 5.73 Å². The largest absolute Gasteiger partial charge is 0.325 e. The van der Waals surface area contributed by atoms with Crippen molar-refractivity contribution in [1.29, 1.82) is 0 Å². The van der Waals surface area contributed by atoms with Gasteiger partial charge in [0.15, 0.2) is 0 Å². The third-order valence-electron chi connectivity index (χ3n) is 2.70. The van der Waals surface area contributed by atoms with Crippen molar-refractivity contribution in [1.82, 2.24) is 9.55 Å². The summed E-state index contributed by atoms with van der Waals surface area (Å²) in [5.74, 6) is 0. The van der Waals surface area contributed by atoms with E-state index in [1.54, 1.807) is 22.9 Å². The maximum absolute atomic E-state index is 11.7. The molecule has 4 nitrogen and oxygen atoms in total. The predicted molar refractivity (Wildman–Crippen MR) is 66.7 cm³/mol. The van der Waals surface area contributed by atoms with Gasteiger partial charge in [0, 0.05) is 24.5 Å². The van der Waals surface area contributed by atoms with E-state index < -0.39 is 0 Å². The minimum Gasteiger partial charge on any atom is -0.325 e. The summed E-state index contributed by atoms with van der Waals surface area (Å²) in [6, 6.07) is 9.09. The molecule has 88 valence electrons. The Morgan fingerprint density at radius 1 is 1.35 bits per heavy atom. The first-order valence-corrected chi connectivity index (χ1v) is 5.51. The van der Waals surface area contributed by atoms with E-state index in [-0.39, 0.29) is 5.56 Å². The zero-order valence-corrected chi connectivity index (χ0v) is 9.76. The van der Waals surface area contributed by atoms with Crippen LogP contribution in [0.15, 0.2) is 41.3 Å². The monoisotopic (exact) mass is 229 g/mol. The molecular weight excluding hydrogens is 214 g/mol. The molecule has 0 radical (unpaired) electrons. The molecule has 4 heteroatoms. The third kappa shape index (κ3) is 2.60. The van der Waals surface area contributed by atoms with Crippen molar-refractivity contribution in [2.45, 2.75) is 20.0 Å². The van der Waals surface area contributed by atoms with Gasteiger partial charge in [-0.15, -0.1) is 0 Å². The molecule has 0 bridgehead atoms. The number of rotatable bonds is 3. The number of hydrogen-bond acceptors (Lipinski definition) is 3. The fourth-order valence-corrected chi connectivity index (χ4v) is 1.75. The molecule has 2 rings (SSSR count). The topological polar surface area (TPSA) is 60.9 Å². The molecule has 0 atom stereocenters. The zero-order chi connectivity index (χ0) is 12.3. The normalized spacial score (nSPS) is 10.5. The average molecular weight is 229 g/mol. The molecule has 0 amide bonds. The average Bonchev–Trinajstić information content (AvgIpc) is 2.34. The van der Waals surface area contributed by atoms with E-state index in [1.165, 1.54) is 0 Å². The standard InChI is InChI=1S/C13H15N3O/c1-10-3-2-4-13(17)16(10)9-11-5-6-15-12(7-11)8-14/h2-7H,8-9,14H2,1H3. The Labute approximate surface area is 99.7 Å². The van der Waals surface area contributed by atoms with Crippen LogP contribution in [0.3, 0.4) is 0 Å². The fraction of sp³-hybridized carbons (Fsp3) is 0.231. The predicted octanol–water partition coefficient (Wildman–Crippen LogP) is 1.06. The van der Waals surface area contributed by atoms with Gasteiger partial charge < -0.3 is 10.3 Å². The first-order valence-electron chi connectivity index (χ1n) is 5.51. The maximum atomic E-state index is 11.7. The van der Waals surface area contributed by atoms with Gasteiger partial charge in [0.2, 0.25) is 0 Å². The van der Waals surface area contributed by atoms with Crippen LogP contribution in [0.4, 0.5) is 0 Å². The smallest absolute Gasteiger partial charge is 0.251 e. The number of hydrogen-bond donors (Lipinski definition) is 1. The van der Waals surface area contributed by atoms with Crippen LogP contribution in [-0.2, 0) is 13.1 Å². The van der Waals surface area contributed by atoms with Gasteiger partial charge in [-0.25, -0.2) is 0 Å². The third-order valence-corrected chi connectivity index (χ3v) is 2.70. The Bertz CT molecular complexity index is 575. The van der Waals surface area contributed by atoms with E-state index in [2.05, 4.69) is 4.98 Å². The lowest BCUT2D eigenvalue weighted by Gasteiger charge is -2.09. The molecule has 2 aromatic heterocycles. The first kappa shape index (κ1) is 11.5.